The Morgan fingerprint density at radius 3 is 1.67 bits per heavy atom. The molecule has 154 valence electrons. The van der Waals surface area contributed by atoms with E-state index in [-0.39, 0.29) is 0 Å². The number of aryl methyl sites for hydroxylation is 1. The van der Waals surface area contributed by atoms with Crippen LogP contribution in [0.1, 0.15) is 30.1 Å². The van der Waals surface area contributed by atoms with Gasteiger partial charge in [0.05, 0.1) is 11.4 Å². The van der Waals surface area contributed by atoms with Crippen LogP contribution in [0.25, 0.3) is 0 Å². The van der Waals surface area contributed by atoms with Crippen LogP contribution in [0.2, 0.25) is 0 Å². The van der Waals surface area contributed by atoms with Gasteiger partial charge in [0.2, 0.25) is 0 Å². The maximum absolute atomic E-state index is 10.6. The second-order valence-electron chi connectivity index (χ2n) is 5.16. The van der Waals surface area contributed by atoms with E-state index in [1.54, 1.807) is 12.4 Å². The summed E-state index contributed by atoms with van der Waals surface area (Å²) in [4.78, 5) is 26.5. The summed E-state index contributed by atoms with van der Waals surface area (Å²) in [5, 5.41) is 17.6. The lowest BCUT2D eigenvalue weighted by atomic mass is 9.93. The van der Waals surface area contributed by atoms with Crippen molar-refractivity contribution in [2.75, 3.05) is 13.1 Å². The molecule has 1 aliphatic rings. The summed E-state index contributed by atoms with van der Waals surface area (Å²) in [7, 11) is 0. The lowest BCUT2D eigenvalue weighted by Gasteiger charge is -2.22. The molecule has 27 heavy (non-hydrogen) atoms. The quantitative estimate of drug-likeness (QED) is 0.616. The monoisotopic (exact) mass is 405 g/mol. The minimum atomic E-state index is -5.08. The van der Waals surface area contributed by atoms with Gasteiger partial charge in [-0.25, -0.2) is 9.59 Å². The van der Waals surface area contributed by atoms with E-state index in [0.29, 0.717) is 5.92 Å². The normalized spacial score (nSPS) is 14.9. The second-order valence-corrected chi connectivity index (χ2v) is 5.16. The second kappa shape index (κ2) is 10.6. The number of carboxylic acids is 2. The summed E-state index contributed by atoms with van der Waals surface area (Å²) in [6, 6.07) is 0. The standard InChI is InChI=1S/C10H15N3.2C2HF3O2/c1-8-10(13-7-6-12-8)9-2-4-11-5-3-9;2*3-2(4,5)1(6)7/h6-7,9,11H,2-5H2,1H3;2*(H,6,7). The van der Waals surface area contributed by atoms with Gasteiger partial charge in [0.1, 0.15) is 0 Å². The van der Waals surface area contributed by atoms with E-state index in [9.17, 15) is 26.3 Å². The highest BCUT2D eigenvalue weighted by atomic mass is 19.4. The number of rotatable bonds is 1. The van der Waals surface area contributed by atoms with Crippen LogP contribution < -0.4 is 5.32 Å². The van der Waals surface area contributed by atoms with E-state index >= 15 is 0 Å². The minimum Gasteiger partial charge on any atom is -0.475 e. The predicted molar refractivity (Wildman–Crippen MR) is 79.0 cm³/mol. The third kappa shape index (κ3) is 10.3. The van der Waals surface area contributed by atoms with Gasteiger partial charge < -0.3 is 15.5 Å². The smallest absolute Gasteiger partial charge is 0.475 e. The molecule has 0 atom stereocenters. The predicted octanol–water partition coefficient (Wildman–Crippen LogP) is 2.52. The van der Waals surface area contributed by atoms with Gasteiger partial charge in [0.15, 0.2) is 0 Å². The molecule has 3 N–H and O–H groups in total. The molecule has 0 radical (unpaired) electrons. The van der Waals surface area contributed by atoms with Crippen molar-refractivity contribution in [1.29, 1.82) is 0 Å². The lowest BCUT2D eigenvalue weighted by Crippen LogP contribution is -2.27. The maximum Gasteiger partial charge on any atom is 0.490 e. The van der Waals surface area contributed by atoms with Crippen molar-refractivity contribution in [3.8, 4) is 0 Å². The third-order valence-electron chi connectivity index (χ3n) is 3.13. The van der Waals surface area contributed by atoms with E-state index in [0.717, 1.165) is 18.8 Å². The maximum atomic E-state index is 10.6. The van der Waals surface area contributed by atoms with E-state index < -0.39 is 24.3 Å². The number of aromatic nitrogens is 2. The van der Waals surface area contributed by atoms with E-state index in [4.69, 9.17) is 19.8 Å². The number of halogens is 6. The SMILES string of the molecule is Cc1nccnc1C1CCNCC1.O=C(O)C(F)(F)F.O=C(O)C(F)(F)F. The summed E-state index contributed by atoms with van der Waals surface area (Å²) < 4.78 is 63.5. The van der Waals surface area contributed by atoms with Crippen LogP contribution in [0, 0.1) is 6.92 Å². The first-order chi connectivity index (χ1) is 12.3. The van der Waals surface area contributed by atoms with Crippen LogP contribution in [0.5, 0.6) is 0 Å². The van der Waals surface area contributed by atoms with Gasteiger partial charge in [-0.3, -0.25) is 9.97 Å². The van der Waals surface area contributed by atoms with Gasteiger partial charge in [-0.1, -0.05) is 0 Å². The van der Waals surface area contributed by atoms with Crippen LogP contribution in [-0.2, 0) is 9.59 Å². The molecule has 0 spiro atoms. The zero-order valence-corrected chi connectivity index (χ0v) is 13.9. The van der Waals surface area contributed by atoms with Crippen molar-refractivity contribution >= 4 is 11.9 Å². The molecule has 1 aromatic heterocycles. The van der Waals surface area contributed by atoms with Crippen LogP contribution in [-0.4, -0.2) is 57.6 Å². The first kappa shape index (κ1) is 24.6. The fraction of sp³-hybridized carbons (Fsp3) is 0.571. The highest BCUT2D eigenvalue weighted by molar-refractivity contribution is 5.73. The van der Waals surface area contributed by atoms with E-state index in [2.05, 4.69) is 15.3 Å². The largest absolute Gasteiger partial charge is 0.490 e. The van der Waals surface area contributed by atoms with Crippen LogP contribution >= 0.6 is 0 Å². The molecular formula is C14H17F6N3O4. The molecule has 0 amide bonds. The van der Waals surface area contributed by atoms with Crippen molar-refractivity contribution in [2.24, 2.45) is 0 Å². The molecule has 1 aliphatic heterocycles. The Bertz CT molecular complexity index is 592. The Kier molecular flexibility index (Phi) is 9.68. The Morgan fingerprint density at radius 2 is 1.33 bits per heavy atom. The topological polar surface area (TPSA) is 112 Å². The first-order valence-electron chi connectivity index (χ1n) is 7.35. The number of hydrogen-bond acceptors (Lipinski definition) is 5. The minimum absolute atomic E-state index is 0.620. The number of nitrogens with zero attached hydrogens (tertiary/aromatic N) is 2. The molecule has 0 aromatic carbocycles. The molecule has 13 heteroatoms. The number of nitrogens with one attached hydrogen (secondary N) is 1. The van der Waals surface area contributed by atoms with Crippen molar-refractivity contribution in [2.45, 2.75) is 38.0 Å². The summed E-state index contributed by atoms with van der Waals surface area (Å²) in [6.45, 7) is 4.27. The molecular weight excluding hydrogens is 388 g/mol. The number of hydrogen-bond donors (Lipinski definition) is 3. The van der Waals surface area contributed by atoms with Crippen LogP contribution in [0.4, 0.5) is 26.3 Å². The molecule has 0 unspecified atom stereocenters. The average Bonchev–Trinajstić information content (AvgIpc) is 2.55. The fourth-order valence-corrected chi connectivity index (χ4v) is 1.91. The summed E-state index contributed by atoms with van der Waals surface area (Å²) >= 11 is 0. The van der Waals surface area contributed by atoms with Crippen LogP contribution in [0.15, 0.2) is 12.4 Å². The number of aliphatic carboxylic acids is 2. The highest BCUT2D eigenvalue weighted by Gasteiger charge is 2.38. The van der Waals surface area contributed by atoms with Gasteiger partial charge >= 0.3 is 24.3 Å². The molecule has 0 aliphatic carbocycles. The van der Waals surface area contributed by atoms with Crippen molar-refractivity contribution in [3.63, 3.8) is 0 Å². The Morgan fingerprint density at radius 1 is 0.963 bits per heavy atom. The summed E-state index contributed by atoms with van der Waals surface area (Å²) in [5.74, 6) is -4.89. The summed E-state index contributed by atoms with van der Waals surface area (Å²) in [6.07, 6.45) is -4.22. The van der Waals surface area contributed by atoms with Crippen molar-refractivity contribution in [3.05, 3.63) is 23.8 Å². The van der Waals surface area contributed by atoms with Gasteiger partial charge in [-0.05, 0) is 32.9 Å². The summed E-state index contributed by atoms with van der Waals surface area (Å²) in [5.41, 5.74) is 2.29. The Labute approximate surface area is 149 Å². The Hall–Kier alpha value is -2.44. The molecule has 1 fully saturated rings. The number of carbonyl (C=O) groups is 2. The lowest BCUT2D eigenvalue weighted by molar-refractivity contribution is -0.193. The van der Waals surface area contributed by atoms with Gasteiger partial charge in [-0.2, -0.15) is 26.3 Å². The van der Waals surface area contributed by atoms with Gasteiger partial charge in [0, 0.05) is 18.3 Å². The molecule has 1 saturated heterocycles. The molecule has 0 bridgehead atoms. The zero-order chi connectivity index (χ0) is 21.3. The molecule has 7 nitrogen and oxygen atoms in total. The number of piperidine rings is 1. The molecule has 1 aromatic rings. The molecule has 0 saturated carbocycles. The Balaban J connectivity index is 0.000000416. The highest BCUT2D eigenvalue weighted by Crippen LogP contribution is 2.24. The van der Waals surface area contributed by atoms with Crippen LogP contribution in [0.3, 0.4) is 0 Å². The number of alkyl halides is 6. The van der Waals surface area contributed by atoms with Gasteiger partial charge in [-0.15, -0.1) is 0 Å². The fourth-order valence-electron chi connectivity index (χ4n) is 1.91. The zero-order valence-electron chi connectivity index (χ0n) is 13.9. The van der Waals surface area contributed by atoms with Crippen molar-refractivity contribution in [1.82, 2.24) is 15.3 Å². The van der Waals surface area contributed by atoms with E-state index in [1.165, 1.54) is 18.5 Å². The molecule has 2 heterocycles. The van der Waals surface area contributed by atoms with E-state index in [1.807, 2.05) is 6.92 Å². The first-order valence-corrected chi connectivity index (χ1v) is 7.35. The number of carboxylic acid groups (broad SMARTS) is 2. The van der Waals surface area contributed by atoms with Gasteiger partial charge in [0.25, 0.3) is 0 Å². The van der Waals surface area contributed by atoms with Crippen molar-refractivity contribution < 1.29 is 46.1 Å². The third-order valence-corrected chi connectivity index (χ3v) is 3.13. The molecule has 2 rings (SSSR count). The average molecular weight is 405 g/mol.